The SMILES string of the molecule is C=C(N=C/C(=C\N)C(=O)NC1(C(=O)NCc2ncc(Nc3c(F)cccc3C(F)(F)F)cc2F)CC1)NC. The second-order valence-electron chi connectivity index (χ2n) is 8.23. The monoisotopic (exact) mass is 537 g/mol. The van der Waals surface area contributed by atoms with Gasteiger partial charge in [0.25, 0.3) is 5.91 Å². The summed E-state index contributed by atoms with van der Waals surface area (Å²) in [4.78, 5) is 32.9. The van der Waals surface area contributed by atoms with Crippen molar-refractivity contribution in [3.8, 4) is 0 Å². The number of hydrogen-bond acceptors (Lipinski definition) is 7. The highest BCUT2D eigenvalue weighted by atomic mass is 19.4. The molecule has 1 aliphatic rings. The second kappa shape index (κ2) is 11.3. The Morgan fingerprint density at radius 2 is 1.95 bits per heavy atom. The minimum atomic E-state index is -4.84. The van der Waals surface area contributed by atoms with Gasteiger partial charge in [-0.25, -0.2) is 13.8 Å². The number of nitrogens with two attached hydrogens (primary N) is 1. The summed E-state index contributed by atoms with van der Waals surface area (Å²) in [6, 6.07) is 3.25. The van der Waals surface area contributed by atoms with Gasteiger partial charge in [0.1, 0.15) is 23.0 Å². The third-order valence-corrected chi connectivity index (χ3v) is 5.55. The van der Waals surface area contributed by atoms with Gasteiger partial charge in [-0.2, -0.15) is 13.2 Å². The summed E-state index contributed by atoms with van der Waals surface area (Å²) < 4.78 is 68.2. The van der Waals surface area contributed by atoms with Crippen LogP contribution in [0.1, 0.15) is 24.1 Å². The standard InChI is InChI=1S/C24H24F5N7O2/c1-13(31-2)32-10-14(9-30)21(37)36-23(6-7-23)22(38)34-12-19-18(26)8-15(11-33-19)35-20-16(24(27,28)29)4-3-5-17(20)25/h3-5,8-11,31,35H,1,6-7,12,30H2,2H3,(H,34,38)(H,36,37)/b14-9+,32-10?. The number of carbonyl (C=O) groups is 2. The van der Waals surface area contributed by atoms with Crippen LogP contribution in [0.2, 0.25) is 0 Å². The van der Waals surface area contributed by atoms with E-state index in [2.05, 4.69) is 37.8 Å². The molecule has 1 aliphatic carbocycles. The van der Waals surface area contributed by atoms with Crippen LogP contribution in [0.3, 0.4) is 0 Å². The lowest BCUT2D eigenvalue weighted by Gasteiger charge is -2.18. The van der Waals surface area contributed by atoms with Crippen LogP contribution in [0, 0.1) is 11.6 Å². The lowest BCUT2D eigenvalue weighted by molar-refractivity contribution is -0.137. The molecule has 38 heavy (non-hydrogen) atoms. The van der Waals surface area contributed by atoms with Crippen molar-refractivity contribution in [3.63, 3.8) is 0 Å². The van der Waals surface area contributed by atoms with Gasteiger partial charge in [-0.3, -0.25) is 14.6 Å². The number of amides is 2. The van der Waals surface area contributed by atoms with Crippen molar-refractivity contribution in [1.82, 2.24) is 20.9 Å². The summed E-state index contributed by atoms with van der Waals surface area (Å²) in [5.41, 5.74) is 1.63. The molecule has 1 fully saturated rings. The van der Waals surface area contributed by atoms with E-state index in [1.54, 1.807) is 7.05 Å². The highest BCUT2D eigenvalue weighted by molar-refractivity contribution is 6.13. The first-order valence-electron chi connectivity index (χ1n) is 11.1. The molecule has 1 aromatic carbocycles. The second-order valence-corrected chi connectivity index (χ2v) is 8.23. The van der Waals surface area contributed by atoms with E-state index < -0.39 is 46.4 Å². The van der Waals surface area contributed by atoms with Gasteiger partial charge < -0.3 is 27.0 Å². The maximum absolute atomic E-state index is 14.6. The molecule has 1 saturated carbocycles. The van der Waals surface area contributed by atoms with Crippen LogP contribution >= 0.6 is 0 Å². The Morgan fingerprint density at radius 3 is 2.53 bits per heavy atom. The zero-order valence-corrected chi connectivity index (χ0v) is 20.0. The predicted octanol–water partition coefficient (Wildman–Crippen LogP) is 2.99. The highest BCUT2D eigenvalue weighted by Crippen LogP contribution is 2.38. The number of halogens is 5. The van der Waals surface area contributed by atoms with Gasteiger partial charge in [0.2, 0.25) is 5.91 Å². The number of hydrogen-bond donors (Lipinski definition) is 5. The number of nitrogens with zero attached hydrogens (tertiary/aromatic N) is 2. The fraction of sp³-hybridized carbons (Fsp3) is 0.250. The van der Waals surface area contributed by atoms with Crippen molar-refractivity contribution >= 4 is 29.4 Å². The number of carbonyl (C=O) groups excluding carboxylic acids is 2. The molecule has 14 heteroatoms. The highest BCUT2D eigenvalue weighted by Gasteiger charge is 2.51. The molecule has 6 N–H and O–H groups in total. The molecule has 9 nitrogen and oxygen atoms in total. The quantitative estimate of drug-likeness (QED) is 0.180. The van der Waals surface area contributed by atoms with Crippen molar-refractivity contribution in [2.45, 2.75) is 31.1 Å². The molecular formula is C24H24F5N7O2. The first-order valence-corrected chi connectivity index (χ1v) is 11.1. The van der Waals surface area contributed by atoms with E-state index in [0.29, 0.717) is 18.9 Å². The first kappa shape index (κ1) is 28.1. The Kier molecular flexibility index (Phi) is 8.33. The summed E-state index contributed by atoms with van der Waals surface area (Å²) in [5.74, 6) is -3.11. The summed E-state index contributed by atoms with van der Waals surface area (Å²) in [6.07, 6.45) is -0.997. The maximum Gasteiger partial charge on any atom is 0.418 e. The minimum Gasteiger partial charge on any atom is -0.404 e. The van der Waals surface area contributed by atoms with Gasteiger partial charge in [-0.15, -0.1) is 0 Å². The van der Waals surface area contributed by atoms with E-state index in [1.165, 1.54) is 6.21 Å². The Hall–Kier alpha value is -4.49. The topological polar surface area (TPSA) is 134 Å². The molecule has 2 amide bonds. The van der Waals surface area contributed by atoms with Crippen molar-refractivity contribution in [1.29, 1.82) is 0 Å². The van der Waals surface area contributed by atoms with E-state index in [1.807, 2.05) is 0 Å². The molecule has 0 saturated heterocycles. The zero-order chi connectivity index (χ0) is 28.1. The fourth-order valence-corrected chi connectivity index (χ4v) is 3.24. The molecule has 0 bridgehead atoms. The number of aromatic nitrogens is 1. The van der Waals surface area contributed by atoms with Crippen molar-refractivity contribution in [2.24, 2.45) is 10.7 Å². The number of anilines is 2. The molecule has 1 aromatic heterocycles. The van der Waals surface area contributed by atoms with E-state index in [4.69, 9.17) is 5.73 Å². The van der Waals surface area contributed by atoms with Crippen molar-refractivity contribution in [2.75, 3.05) is 12.4 Å². The largest absolute Gasteiger partial charge is 0.418 e. The molecule has 0 aliphatic heterocycles. The number of rotatable bonds is 10. The Bertz CT molecular complexity index is 1300. The summed E-state index contributed by atoms with van der Waals surface area (Å²) >= 11 is 0. The fourth-order valence-electron chi connectivity index (χ4n) is 3.24. The Labute approximate surface area is 214 Å². The molecule has 2 aromatic rings. The molecule has 0 unspecified atom stereocenters. The van der Waals surface area contributed by atoms with Crippen molar-refractivity contribution < 1.29 is 31.5 Å². The molecule has 202 valence electrons. The third-order valence-electron chi connectivity index (χ3n) is 5.55. The number of para-hydroxylation sites is 1. The van der Waals surface area contributed by atoms with Gasteiger partial charge in [-0.1, -0.05) is 12.6 Å². The lowest BCUT2D eigenvalue weighted by Crippen LogP contribution is -2.49. The van der Waals surface area contributed by atoms with Crippen LogP contribution in [0.5, 0.6) is 0 Å². The Morgan fingerprint density at radius 1 is 1.24 bits per heavy atom. The summed E-state index contributed by atoms with van der Waals surface area (Å²) in [6.45, 7) is 3.21. The molecule has 1 heterocycles. The normalized spacial score (nSPS) is 14.6. The lowest BCUT2D eigenvalue weighted by atomic mass is 10.1. The average molecular weight is 537 g/mol. The van der Waals surface area contributed by atoms with Gasteiger partial charge in [0.15, 0.2) is 0 Å². The number of benzene rings is 1. The van der Waals surface area contributed by atoms with Crippen molar-refractivity contribution in [3.05, 3.63) is 77.5 Å². The van der Waals surface area contributed by atoms with Crippen LogP contribution < -0.4 is 27.0 Å². The molecule has 0 atom stereocenters. The predicted molar refractivity (Wildman–Crippen MR) is 130 cm³/mol. The number of aliphatic imine (C=N–C) groups is 1. The zero-order valence-electron chi connectivity index (χ0n) is 20.0. The molecule has 3 rings (SSSR count). The van der Waals surface area contributed by atoms with E-state index >= 15 is 0 Å². The van der Waals surface area contributed by atoms with E-state index in [0.717, 1.165) is 30.6 Å². The van der Waals surface area contributed by atoms with Gasteiger partial charge in [0, 0.05) is 25.5 Å². The van der Waals surface area contributed by atoms with Crippen LogP contribution in [0.15, 0.2) is 59.6 Å². The van der Waals surface area contributed by atoms with Crippen LogP contribution in [-0.4, -0.2) is 35.6 Å². The number of pyridine rings is 1. The summed E-state index contributed by atoms with van der Waals surface area (Å²) in [5, 5.41) is 9.93. The number of nitrogens with one attached hydrogen (secondary N) is 4. The van der Waals surface area contributed by atoms with Gasteiger partial charge >= 0.3 is 6.18 Å². The van der Waals surface area contributed by atoms with Crippen LogP contribution in [-0.2, 0) is 22.3 Å². The smallest absolute Gasteiger partial charge is 0.404 e. The molecule has 0 radical (unpaired) electrons. The van der Waals surface area contributed by atoms with E-state index in [-0.39, 0.29) is 29.3 Å². The van der Waals surface area contributed by atoms with E-state index in [9.17, 15) is 31.5 Å². The first-order chi connectivity index (χ1) is 17.9. The number of alkyl halides is 3. The molecular weight excluding hydrogens is 513 g/mol. The average Bonchev–Trinajstić information content (AvgIpc) is 3.64. The van der Waals surface area contributed by atoms with Crippen LogP contribution in [0.25, 0.3) is 0 Å². The molecule has 0 spiro atoms. The van der Waals surface area contributed by atoms with Crippen LogP contribution in [0.4, 0.5) is 33.3 Å². The summed E-state index contributed by atoms with van der Waals surface area (Å²) in [7, 11) is 1.59. The van der Waals surface area contributed by atoms with Gasteiger partial charge in [0.05, 0.1) is 40.9 Å². The minimum absolute atomic E-state index is 0.0141. The maximum atomic E-state index is 14.6. The third kappa shape index (κ3) is 6.63. The van der Waals surface area contributed by atoms with Gasteiger partial charge in [-0.05, 0) is 25.0 Å². The Balaban J connectivity index is 1.64.